The van der Waals surface area contributed by atoms with Crippen molar-refractivity contribution in [3.63, 3.8) is 0 Å². The third kappa shape index (κ3) is 5.76. The second kappa shape index (κ2) is 9.08. The first-order valence-electron chi connectivity index (χ1n) is 8.01. The van der Waals surface area contributed by atoms with Crippen molar-refractivity contribution in [3.8, 4) is 11.5 Å². The van der Waals surface area contributed by atoms with Gasteiger partial charge in [0.1, 0.15) is 11.5 Å². The number of hydrogen-bond acceptors (Lipinski definition) is 3. The second-order valence-electron chi connectivity index (χ2n) is 5.67. The molecule has 0 amide bonds. The lowest BCUT2D eigenvalue weighted by Gasteiger charge is -2.09. The van der Waals surface area contributed by atoms with Gasteiger partial charge in [0.05, 0.1) is 19.4 Å². The van der Waals surface area contributed by atoms with Crippen LogP contribution in [0.15, 0.2) is 48.8 Å². The fourth-order valence-electron chi connectivity index (χ4n) is 2.14. The van der Waals surface area contributed by atoms with Crippen molar-refractivity contribution in [1.29, 1.82) is 0 Å². The summed E-state index contributed by atoms with van der Waals surface area (Å²) in [5, 5.41) is 0. The van der Waals surface area contributed by atoms with Crippen molar-refractivity contribution >= 4 is 0 Å². The zero-order chi connectivity index (χ0) is 15.6. The average molecular weight is 299 g/mol. The number of ether oxygens (including phenoxy) is 2. The molecule has 0 aliphatic carbocycles. The molecule has 0 bridgehead atoms. The number of nitrogens with zero attached hydrogens (tertiary/aromatic N) is 1. The molecule has 0 N–H and O–H groups in total. The molecule has 22 heavy (non-hydrogen) atoms. The van der Waals surface area contributed by atoms with E-state index >= 15 is 0 Å². The monoisotopic (exact) mass is 299 g/mol. The van der Waals surface area contributed by atoms with E-state index < -0.39 is 0 Å². The molecule has 2 aromatic rings. The van der Waals surface area contributed by atoms with E-state index in [2.05, 4.69) is 43.1 Å². The van der Waals surface area contributed by atoms with E-state index in [4.69, 9.17) is 9.47 Å². The van der Waals surface area contributed by atoms with Crippen LogP contribution in [0.2, 0.25) is 0 Å². The molecule has 0 unspecified atom stereocenters. The Balaban J connectivity index is 1.54. The molecule has 1 aromatic heterocycles. The molecule has 3 nitrogen and oxygen atoms in total. The summed E-state index contributed by atoms with van der Waals surface area (Å²) in [6.45, 7) is 5.88. The molecule has 0 radical (unpaired) electrons. The first kappa shape index (κ1) is 16.3. The number of aromatic nitrogens is 1. The van der Waals surface area contributed by atoms with Gasteiger partial charge in [-0.1, -0.05) is 26.0 Å². The molecule has 0 aliphatic rings. The van der Waals surface area contributed by atoms with Gasteiger partial charge in [0.25, 0.3) is 0 Å². The Hall–Kier alpha value is -2.03. The van der Waals surface area contributed by atoms with Crippen LogP contribution in [0.5, 0.6) is 11.5 Å². The van der Waals surface area contributed by atoms with Gasteiger partial charge in [-0.05, 0) is 55.0 Å². The van der Waals surface area contributed by atoms with Crippen molar-refractivity contribution < 1.29 is 9.47 Å². The van der Waals surface area contributed by atoms with Crippen LogP contribution in [0.4, 0.5) is 0 Å². The Morgan fingerprint density at radius 3 is 2.14 bits per heavy atom. The van der Waals surface area contributed by atoms with Crippen LogP contribution in [0.1, 0.15) is 44.6 Å². The molecule has 1 heterocycles. The molecule has 118 valence electrons. The topological polar surface area (TPSA) is 31.4 Å². The molecule has 0 aliphatic heterocycles. The highest BCUT2D eigenvalue weighted by molar-refractivity contribution is 5.28. The van der Waals surface area contributed by atoms with Crippen LogP contribution >= 0.6 is 0 Å². The van der Waals surface area contributed by atoms with Crippen LogP contribution in [0.3, 0.4) is 0 Å². The summed E-state index contributed by atoms with van der Waals surface area (Å²) in [5.74, 6) is 2.36. The highest BCUT2D eigenvalue weighted by Gasteiger charge is 1.99. The lowest BCUT2D eigenvalue weighted by Crippen LogP contribution is -2.01. The molecule has 0 saturated carbocycles. The summed E-state index contributed by atoms with van der Waals surface area (Å²) in [5.41, 5.74) is 1.35. The lowest BCUT2D eigenvalue weighted by molar-refractivity contribution is 0.279. The molecule has 2 rings (SSSR count). The van der Waals surface area contributed by atoms with Crippen LogP contribution < -0.4 is 9.47 Å². The largest absolute Gasteiger partial charge is 0.494 e. The Morgan fingerprint density at radius 2 is 1.55 bits per heavy atom. The van der Waals surface area contributed by atoms with Gasteiger partial charge in [0.2, 0.25) is 0 Å². The predicted molar refractivity (Wildman–Crippen MR) is 89.6 cm³/mol. The van der Waals surface area contributed by atoms with Crippen LogP contribution in [-0.4, -0.2) is 18.2 Å². The van der Waals surface area contributed by atoms with Crippen molar-refractivity contribution in [2.45, 2.75) is 39.0 Å². The summed E-state index contributed by atoms with van der Waals surface area (Å²) >= 11 is 0. The fourth-order valence-corrected chi connectivity index (χ4v) is 2.14. The van der Waals surface area contributed by atoms with Gasteiger partial charge in [0, 0.05) is 6.20 Å². The molecule has 0 atom stereocenters. The van der Waals surface area contributed by atoms with Crippen molar-refractivity contribution in [2.24, 2.45) is 0 Å². The maximum atomic E-state index is 5.75. The van der Waals surface area contributed by atoms with Crippen LogP contribution in [-0.2, 0) is 0 Å². The van der Waals surface area contributed by atoms with Crippen LogP contribution in [0, 0.1) is 0 Å². The zero-order valence-corrected chi connectivity index (χ0v) is 13.5. The Labute approximate surface area is 133 Å². The smallest absolute Gasteiger partial charge is 0.137 e. The van der Waals surface area contributed by atoms with Gasteiger partial charge in [-0.25, -0.2) is 0 Å². The normalized spacial score (nSPS) is 10.7. The maximum absolute atomic E-state index is 5.75. The Morgan fingerprint density at radius 1 is 0.864 bits per heavy atom. The minimum absolute atomic E-state index is 0.564. The number of pyridine rings is 1. The van der Waals surface area contributed by atoms with Gasteiger partial charge < -0.3 is 9.47 Å². The van der Waals surface area contributed by atoms with Gasteiger partial charge in [-0.15, -0.1) is 0 Å². The minimum Gasteiger partial charge on any atom is -0.494 e. The van der Waals surface area contributed by atoms with E-state index in [-0.39, 0.29) is 0 Å². The summed E-state index contributed by atoms with van der Waals surface area (Å²) in [6.07, 6.45) is 6.67. The number of hydrogen-bond donors (Lipinski definition) is 0. The third-order valence-electron chi connectivity index (χ3n) is 3.51. The fraction of sp³-hybridized carbons (Fsp3) is 0.421. The summed E-state index contributed by atoms with van der Waals surface area (Å²) in [6, 6.07) is 12.2. The van der Waals surface area contributed by atoms with Gasteiger partial charge >= 0.3 is 0 Å². The van der Waals surface area contributed by atoms with Gasteiger partial charge in [0.15, 0.2) is 0 Å². The quantitative estimate of drug-likeness (QED) is 0.621. The van der Waals surface area contributed by atoms with E-state index in [1.807, 2.05) is 12.1 Å². The van der Waals surface area contributed by atoms with Crippen LogP contribution in [0.25, 0.3) is 0 Å². The van der Waals surface area contributed by atoms with Crippen molar-refractivity contribution in [1.82, 2.24) is 4.98 Å². The summed E-state index contributed by atoms with van der Waals surface area (Å²) in [7, 11) is 0. The molecular formula is C19H25NO2. The Bertz CT molecular complexity index is 523. The SMILES string of the molecule is CC(C)c1ccc(OCCCCCOc2cccnc2)cc1. The third-order valence-corrected chi connectivity index (χ3v) is 3.51. The maximum Gasteiger partial charge on any atom is 0.137 e. The van der Waals surface area contributed by atoms with E-state index in [0.717, 1.165) is 44.0 Å². The molecular weight excluding hydrogens is 274 g/mol. The van der Waals surface area contributed by atoms with Gasteiger partial charge in [-0.3, -0.25) is 4.98 Å². The molecule has 1 aromatic carbocycles. The molecule has 0 saturated heterocycles. The van der Waals surface area contributed by atoms with E-state index in [1.54, 1.807) is 12.4 Å². The van der Waals surface area contributed by atoms with E-state index in [1.165, 1.54) is 5.56 Å². The standard InChI is InChI=1S/C19H25NO2/c1-16(2)17-8-10-18(11-9-17)21-13-4-3-5-14-22-19-7-6-12-20-15-19/h6-12,15-16H,3-5,13-14H2,1-2H3. The summed E-state index contributed by atoms with van der Waals surface area (Å²) in [4.78, 5) is 4.02. The first-order chi connectivity index (χ1) is 10.8. The molecule has 0 spiro atoms. The average Bonchev–Trinajstić information content (AvgIpc) is 2.55. The summed E-state index contributed by atoms with van der Waals surface area (Å²) < 4.78 is 11.4. The van der Waals surface area contributed by atoms with Crippen molar-refractivity contribution in [3.05, 3.63) is 54.4 Å². The van der Waals surface area contributed by atoms with E-state index in [0.29, 0.717) is 5.92 Å². The number of rotatable bonds is 9. The predicted octanol–water partition coefficient (Wildman–Crippen LogP) is 4.83. The number of benzene rings is 1. The van der Waals surface area contributed by atoms with Gasteiger partial charge in [-0.2, -0.15) is 0 Å². The number of unbranched alkanes of at least 4 members (excludes halogenated alkanes) is 2. The van der Waals surface area contributed by atoms with E-state index in [9.17, 15) is 0 Å². The molecule has 0 fully saturated rings. The molecule has 3 heteroatoms. The second-order valence-corrected chi connectivity index (χ2v) is 5.67. The minimum atomic E-state index is 0.564. The highest BCUT2D eigenvalue weighted by Crippen LogP contribution is 2.18. The van der Waals surface area contributed by atoms with Crippen molar-refractivity contribution in [2.75, 3.05) is 13.2 Å². The highest BCUT2D eigenvalue weighted by atomic mass is 16.5. The lowest BCUT2D eigenvalue weighted by atomic mass is 10.0. The Kier molecular flexibility index (Phi) is 6.75. The zero-order valence-electron chi connectivity index (χ0n) is 13.5. The first-order valence-corrected chi connectivity index (χ1v) is 8.01.